The number of likely N-dealkylation sites (N-methyl/N-ethyl adjacent to an activating group) is 1. The maximum absolute atomic E-state index is 12.9. The van der Waals surface area contributed by atoms with Crippen LogP contribution in [0, 0.1) is 5.82 Å². The van der Waals surface area contributed by atoms with Gasteiger partial charge in [0, 0.05) is 18.6 Å². The van der Waals surface area contributed by atoms with E-state index in [-0.39, 0.29) is 30.8 Å². The second-order valence-electron chi connectivity index (χ2n) is 5.68. The van der Waals surface area contributed by atoms with Crippen LogP contribution in [0.4, 0.5) is 4.39 Å². The van der Waals surface area contributed by atoms with Crippen molar-refractivity contribution in [1.82, 2.24) is 10.2 Å². The second-order valence-corrected chi connectivity index (χ2v) is 6.12. The summed E-state index contributed by atoms with van der Waals surface area (Å²) in [6.07, 6.45) is 0. The zero-order valence-corrected chi connectivity index (χ0v) is 15.3. The Bertz CT molecular complexity index is 750. The minimum Gasteiger partial charge on any atom is -0.484 e. The average Bonchev–Trinajstić information content (AvgIpc) is 2.65. The van der Waals surface area contributed by atoms with E-state index in [1.165, 1.54) is 36.2 Å². The molecule has 0 aliphatic carbocycles. The molecule has 0 aliphatic rings. The van der Waals surface area contributed by atoms with Crippen molar-refractivity contribution in [3.8, 4) is 5.75 Å². The number of ether oxygens (including phenoxy) is 1. The van der Waals surface area contributed by atoms with E-state index >= 15 is 0 Å². The van der Waals surface area contributed by atoms with Crippen molar-refractivity contribution in [1.29, 1.82) is 0 Å². The second kappa shape index (κ2) is 9.20. The highest BCUT2D eigenvalue weighted by Gasteiger charge is 2.25. The van der Waals surface area contributed by atoms with E-state index in [0.717, 1.165) is 5.56 Å². The van der Waals surface area contributed by atoms with Gasteiger partial charge in [0.2, 0.25) is 5.91 Å². The molecular weight excluding hydrogens is 359 g/mol. The largest absolute Gasteiger partial charge is 0.484 e. The van der Waals surface area contributed by atoms with E-state index in [1.807, 2.05) is 0 Å². The van der Waals surface area contributed by atoms with Gasteiger partial charge in [-0.25, -0.2) is 4.39 Å². The SMILES string of the molecule is CNC(=O)[C@H](C)N(Cc1ccc(Cl)cc1)C(=O)COc1ccc(F)cc1. The molecule has 0 heterocycles. The number of nitrogens with zero attached hydrogens (tertiary/aromatic N) is 1. The van der Waals surface area contributed by atoms with E-state index in [9.17, 15) is 14.0 Å². The standard InChI is InChI=1S/C19H20ClFN2O3/c1-13(19(25)22-2)23(11-14-3-5-15(20)6-4-14)18(24)12-26-17-9-7-16(21)8-10-17/h3-10,13H,11-12H2,1-2H3,(H,22,25)/t13-/m0/s1. The third-order valence-electron chi connectivity index (χ3n) is 3.86. The fourth-order valence-electron chi connectivity index (χ4n) is 2.34. The number of hydrogen-bond acceptors (Lipinski definition) is 3. The van der Waals surface area contributed by atoms with Crippen LogP contribution < -0.4 is 10.1 Å². The smallest absolute Gasteiger partial charge is 0.261 e. The lowest BCUT2D eigenvalue weighted by Gasteiger charge is -2.28. The Morgan fingerprint density at radius 2 is 1.77 bits per heavy atom. The van der Waals surface area contributed by atoms with Gasteiger partial charge in [-0.15, -0.1) is 0 Å². The lowest BCUT2D eigenvalue weighted by molar-refractivity contribution is -0.142. The lowest BCUT2D eigenvalue weighted by atomic mass is 10.1. The van der Waals surface area contributed by atoms with Crippen LogP contribution in [0.3, 0.4) is 0 Å². The number of hydrogen-bond donors (Lipinski definition) is 1. The summed E-state index contributed by atoms with van der Waals surface area (Å²) < 4.78 is 18.3. The van der Waals surface area contributed by atoms with E-state index in [2.05, 4.69) is 5.32 Å². The van der Waals surface area contributed by atoms with Gasteiger partial charge in [0.1, 0.15) is 17.6 Å². The first-order valence-electron chi connectivity index (χ1n) is 8.04. The predicted octanol–water partition coefficient (Wildman–Crippen LogP) is 3.02. The first kappa shape index (κ1) is 19.7. The fourth-order valence-corrected chi connectivity index (χ4v) is 2.46. The molecule has 26 heavy (non-hydrogen) atoms. The quantitative estimate of drug-likeness (QED) is 0.805. The van der Waals surface area contributed by atoms with Crippen LogP contribution in [0.15, 0.2) is 48.5 Å². The summed E-state index contributed by atoms with van der Waals surface area (Å²) in [6.45, 7) is 1.61. The molecule has 1 N–H and O–H groups in total. The monoisotopic (exact) mass is 378 g/mol. The van der Waals surface area contributed by atoms with Crippen LogP contribution >= 0.6 is 11.6 Å². The molecule has 0 saturated carbocycles. The summed E-state index contributed by atoms with van der Waals surface area (Å²) in [7, 11) is 1.51. The summed E-state index contributed by atoms with van der Waals surface area (Å²) in [6, 6.07) is 11.7. The van der Waals surface area contributed by atoms with E-state index in [4.69, 9.17) is 16.3 Å². The van der Waals surface area contributed by atoms with Gasteiger partial charge in [0.25, 0.3) is 5.91 Å². The van der Waals surface area contributed by atoms with Gasteiger partial charge in [0.05, 0.1) is 0 Å². The van der Waals surface area contributed by atoms with Gasteiger partial charge < -0.3 is 15.0 Å². The predicted molar refractivity (Wildman–Crippen MR) is 97.4 cm³/mol. The first-order chi connectivity index (χ1) is 12.4. The average molecular weight is 379 g/mol. The van der Waals surface area contributed by atoms with Gasteiger partial charge >= 0.3 is 0 Å². The number of nitrogens with one attached hydrogen (secondary N) is 1. The van der Waals surface area contributed by atoms with Crippen molar-refractivity contribution in [3.05, 3.63) is 64.9 Å². The van der Waals surface area contributed by atoms with Crippen LogP contribution in [-0.4, -0.2) is 36.4 Å². The Balaban J connectivity index is 2.10. The van der Waals surface area contributed by atoms with Gasteiger partial charge in [-0.1, -0.05) is 23.7 Å². The summed E-state index contributed by atoms with van der Waals surface area (Å²) in [5, 5.41) is 3.13. The van der Waals surface area contributed by atoms with Gasteiger partial charge in [-0.05, 0) is 48.9 Å². The van der Waals surface area contributed by atoms with Crippen LogP contribution in [0.2, 0.25) is 5.02 Å². The molecule has 0 aromatic heterocycles. The Hall–Kier alpha value is -2.60. The molecule has 0 saturated heterocycles. The maximum atomic E-state index is 12.9. The molecule has 1 atom stereocenters. The highest BCUT2D eigenvalue weighted by atomic mass is 35.5. The molecule has 2 aromatic rings. The minimum atomic E-state index is -0.681. The van der Waals surface area contributed by atoms with Crippen molar-refractivity contribution in [2.24, 2.45) is 0 Å². The summed E-state index contributed by atoms with van der Waals surface area (Å²) in [5.74, 6) is -0.658. The van der Waals surface area contributed by atoms with E-state index in [0.29, 0.717) is 10.8 Å². The Morgan fingerprint density at radius 3 is 2.35 bits per heavy atom. The fraction of sp³-hybridized carbons (Fsp3) is 0.263. The number of benzene rings is 2. The van der Waals surface area contributed by atoms with Crippen molar-refractivity contribution >= 4 is 23.4 Å². The molecule has 2 rings (SSSR count). The highest BCUT2D eigenvalue weighted by molar-refractivity contribution is 6.30. The zero-order valence-electron chi connectivity index (χ0n) is 14.5. The molecule has 138 valence electrons. The first-order valence-corrected chi connectivity index (χ1v) is 8.42. The molecular formula is C19H20ClFN2O3. The number of halogens is 2. The third-order valence-corrected chi connectivity index (χ3v) is 4.11. The molecule has 0 bridgehead atoms. The summed E-state index contributed by atoms with van der Waals surface area (Å²) >= 11 is 5.88. The maximum Gasteiger partial charge on any atom is 0.261 e. The number of rotatable bonds is 7. The third kappa shape index (κ3) is 5.46. The highest BCUT2D eigenvalue weighted by Crippen LogP contribution is 2.15. The Kier molecular flexibility index (Phi) is 6.97. The minimum absolute atomic E-state index is 0.233. The van der Waals surface area contributed by atoms with Crippen molar-refractivity contribution in [2.75, 3.05) is 13.7 Å². The number of amides is 2. The number of carbonyl (C=O) groups excluding carboxylic acids is 2. The zero-order chi connectivity index (χ0) is 19.1. The molecule has 2 aromatic carbocycles. The molecule has 0 spiro atoms. The normalized spacial score (nSPS) is 11.5. The van der Waals surface area contributed by atoms with E-state index < -0.39 is 6.04 Å². The molecule has 5 nitrogen and oxygen atoms in total. The van der Waals surface area contributed by atoms with Crippen LogP contribution in [-0.2, 0) is 16.1 Å². The van der Waals surface area contributed by atoms with Gasteiger partial charge in [-0.2, -0.15) is 0 Å². The molecule has 2 amide bonds. The van der Waals surface area contributed by atoms with Crippen LogP contribution in [0.5, 0.6) is 5.75 Å². The van der Waals surface area contributed by atoms with Crippen molar-refractivity contribution in [2.45, 2.75) is 19.5 Å². The van der Waals surface area contributed by atoms with Crippen LogP contribution in [0.25, 0.3) is 0 Å². The Morgan fingerprint density at radius 1 is 1.15 bits per heavy atom. The van der Waals surface area contributed by atoms with Crippen molar-refractivity contribution < 1.29 is 18.7 Å². The summed E-state index contributed by atoms with van der Waals surface area (Å²) in [4.78, 5) is 26.1. The van der Waals surface area contributed by atoms with Crippen molar-refractivity contribution in [3.63, 3.8) is 0 Å². The molecule has 0 radical (unpaired) electrons. The summed E-state index contributed by atoms with van der Waals surface area (Å²) in [5.41, 5.74) is 0.834. The number of carbonyl (C=O) groups is 2. The molecule has 0 fully saturated rings. The topological polar surface area (TPSA) is 58.6 Å². The lowest BCUT2D eigenvalue weighted by Crippen LogP contribution is -2.48. The van der Waals surface area contributed by atoms with E-state index in [1.54, 1.807) is 31.2 Å². The Labute approximate surface area is 156 Å². The molecule has 0 aliphatic heterocycles. The van der Waals surface area contributed by atoms with Crippen LogP contribution in [0.1, 0.15) is 12.5 Å². The van der Waals surface area contributed by atoms with Gasteiger partial charge in [-0.3, -0.25) is 9.59 Å². The molecule has 0 unspecified atom stereocenters. The van der Waals surface area contributed by atoms with Gasteiger partial charge in [0.15, 0.2) is 6.61 Å². The molecule has 7 heteroatoms.